The molecular formula is C136H111N3OS. The number of hydrogen-bond acceptors (Lipinski definition) is 5. The monoisotopic (exact) mass is 1830 g/mol. The van der Waals surface area contributed by atoms with Crippen molar-refractivity contribution < 1.29 is 4.42 Å². The van der Waals surface area contributed by atoms with Crippen molar-refractivity contribution >= 4 is 115 Å². The summed E-state index contributed by atoms with van der Waals surface area (Å²) in [6, 6.07) is 157. The van der Waals surface area contributed by atoms with Crippen molar-refractivity contribution in [2.45, 2.75) is 113 Å². The van der Waals surface area contributed by atoms with Crippen molar-refractivity contribution in [3.05, 3.63) is 452 Å². The number of hydrogen-bond donors (Lipinski definition) is 0. The van der Waals surface area contributed by atoms with Crippen LogP contribution in [-0.4, -0.2) is 0 Å². The minimum atomic E-state index is 0.0601. The van der Waals surface area contributed by atoms with Gasteiger partial charge in [-0.2, -0.15) is 0 Å². The molecule has 18 aromatic carbocycles. The minimum absolute atomic E-state index is 0.0601. The lowest BCUT2D eigenvalue weighted by Gasteiger charge is -2.61. The van der Waals surface area contributed by atoms with Gasteiger partial charge in [0.25, 0.3) is 0 Å². The molecule has 12 fully saturated rings. The van der Waals surface area contributed by atoms with Gasteiger partial charge in [-0.05, 0) is 382 Å². The van der Waals surface area contributed by atoms with E-state index in [2.05, 4.69) is 433 Å². The highest BCUT2D eigenvalue weighted by Crippen LogP contribution is 2.76. The Kier molecular flexibility index (Phi) is 18.9. The van der Waals surface area contributed by atoms with Gasteiger partial charge in [-0.25, -0.2) is 0 Å². The molecule has 15 aliphatic carbocycles. The maximum atomic E-state index is 6.32. The number of nitrogens with zero attached hydrogens (tertiary/aromatic N) is 3. The molecule has 0 radical (unpaired) electrons. The van der Waals surface area contributed by atoms with Crippen LogP contribution in [0.3, 0.4) is 0 Å². The standard InChI is InChI=1S/C46H37NO.C46H37NS.C44H37N/c2*1-2-9-31(10-3-1)32-17-19-35(20-18-32)47(36-21-22-44-40(28-36)38-12-5-7-16-43(38)48-44)42-15-8-13-39-37-11-4-6-14-41(37)46(45(39)42)33-24-29-23-30(26-33)27-34(46)25-29;1-2-10-31(11-3-1)32-20-22-36(23-21-32)45(41-18-8-13-33-12-4-5-14-37(33)41)42-19-9-16-39-38-15-6-7-17-40(38)44(43(39)42)34-25-29-24-30(27-34)28-35(44)26-29/h2*1-22,28-30,33-34H,23-27H2;1-23,29-30,34-35H,24-28H2. The highest BCUT2D eigenvalue weighted by molar-refractivity contribution is 7.25. The van der Waals surface area contributed by atoms with E-state index in [-0.39, 0.29) is 16.2 Å². The summed E-state index contributed by atoms with van der Waals surface area (Å²) in [6.45, 7) is 0. The molecule has 0 aliphatic heterocycles. The van der Waals surface area contributed by atoms with Gasteiger partial charge in [-0.15, -0.1) is 11.3 Å². The molecule has 682 valence electrons. The molecule has 12 saturated carbocycles. The van der Waals surface area contributed by atoms with Crippen LogP contribution in [0, 0.1) is 71.0 Å². The summed E-state index contributed by atoms with van der Waals surface area (Å²) in [6.07, 6.45) is 20.9. The fourth-order valence-corrected chi connectivity index (χ4v) is 33.9. The summed E-state index contributed by atoms with van der Waals surface area (Å²) in [4.78, 5) is 7.78. The van der Waals surface area contributed by atoms with Crippen molar-refractivity contribution in [2.75, 3.05) is 14.7 Å². The third-order valence-electron chi connectivity index (χ3n) is 37.3. The molecule has 3 spiro atoms. The van der Waals surface area contributed by atoms with Crippen LogP contribution in [0.25, 0.3) is 120 Å². The number of anilines is 9. The fraction of sp³-hybridized carbons (Fsp3) is 0.221. The average molecular weight is 1840 g/mol. The predicted molar refractivity (Wildman–Crippen MR) is 587 cm³/mol. The zero-order valence-electron chi connectivity index (χ0n) is 79.5. The highest BCUT2D eigenvalue weighted by Gasteiger charge is 2.66. The first-order valence-electron chi connectivity index (χ1n) is 52.7. The van der Waals surface area contributed by atoms with Gasteiger partial charge in [0.1, 0.15) is 11.2 Å². The minimum Gasteiger partial charge on any atom is -0.456 e. The molecule has 15 aliphatic rings. The molecule has 0 amide bonds. The van der Waals surface area contributed by atoms with Gasteiger partial charge >= 0.3 is 0 Å². The van der Waals surface area contributed by atoms with Crippen LogP contribution in [0.2, 0.25) is 0 Å². The van der Waals surface area contributed by atoms with Crippen molar-refractivity contribution in [2.24, 2.45) is 71.0 Å². The number of fused-ring (bicyclic) bond motifs is 16. The van der Waals surface area contributed by atoms with Crippen LogP contribution in [0.15, 0.2) is 423 Å². The second-order valence-corrected chi connectivity index (χ2v) is 45.1. The van der Waals surface area contributed by atoms with Crippen LogP contribution >= 0.6 is 11.3 Å². The molecule has 141 heavy (non-hydrogen) atoms. The molecule has 5 heteroatoms. The Morgan fingerprint density at radius 2 is 0.496 bits per heavy atom. The predicted octanol–water partition coefficient (Wildman–Crippen LogP) is 37.1. The normalized spacial score (nSPS) is 25.0. The molecule has 12 bridgehead atoms. The van der Waals surface area contributed by atoms with E-state index in [0.29, 0.717) is 35.5 Å². The Balaban J connectivity index is 0.0000000992. The Bertz CT molecular complexity index is 7930. The van der Waals surface area contributed by atoms with Gasteiger partial charge < -0.3 is 19.1 Å². The largest absolute Gasteiger partial charge is 0.456 e. The van der Waals surface area contributed by atoms with E-state index in [1.54, 1.807) is 33.4 Å². The highest BCUT2D eigenvalue weighted by atomic mass is 32.1. The Hall–Kier alpha value is -14.4. The van der Waals surface area contributed by atoms with Crippen LogP contribution < -0.4 is 14.7 Å². The SMILES string of the molecule is c1ccc(-c2ccc(N(c3ccc4oc5ccccc5c4c3)c3cccc4c3C3(c5ccccc5-4)C4CC5CC(C4)CC3C5)cc2)cc1.c1ccc(-c2ccc(N(c3ccc4sc5ccccc5c4c3)c3cccc4c3C3(c5ccccc5-4)C4CC5CC(C4)CC3C5)cc2)cc1.c1ccc(-c2ccc(N(c3cccc4c3C3(c5ccccc5-4)C4CC5CC(C4)CC3C5)c3cccc4ccccc34)cc2)cc1. The Morgan fingerprint density at radius 1 is 0.199 bits per heavy atom. The van der Waals surface area contributed by atoms with Gasteiger partial charge in [0, 0.05) is 81.0 Å². The summed E-state index contributed by atoms with van der Waals surface area (Å²) in [5.74, 6) is 9.71. The second-order valence-electron chi connectivity index (χ2n) is 44.1. The maximum absolute atomic E-state index is 6.32. The van der Waals surface area contributed by atoms with Crippen molar-refractivity contribution in [3.8, 4) is 66.8 Å². The summed E-state index contributed by atoms with van der Waals surface area (Å²) in [5.41, 5.74) is 39.3. The third kappa shape index (κ3) is 12.5. The third-order valence-corrected chi connectivity index (χ3v) is 38.5. The Labute approximate surface area is 830 Å². The second kappa shape index (κ2) is 32.3. The quantitative estimate of drug-likeness (QED) is 0.122. The van der Waals surface area contributed by atoms with E-state index in [1.807, 2.05) is 11.3 Å². The van der Waals surface area contributed by atoms with Gasteiger partial charge in [0.05, 0.1) is 22.7 Å². The van der Waals surface area contributed by atoms with Gasteiger partial charge in [-0.3, -0.25) is 0 Å². The molecule has 2 aromatic heterocycles. The maximum Gasteiger partial charge on any atom is 0.135 e. The van der Waals surface area contributed by atoms with E-state index in [0.717, 1.165) is 57.4 Å². The smallest absolute Gasteiger partial charge is 0.135 e. The molecule has 0 saturated heterocycles. The zero-order chi connectivity index (χ0) is 92.3. The first-order valence-corrected chi connectivity index (χ1v) is 53.5. The number of furan rings is 1. The van der Waals surface area contributed by atoms with Crippen LogP contribution in [-0.2, 0) is 16.2 Å². The first kappa shape index (κ1) is 82.5. The fourth-order valence-electron chi connectivity index (χ4n) is 32.8. The number of benzene rings is 18. The van der Waals surface area contributed by atoms with Crippen LogP contribution in [0.4, 0.5) is 51.2 Å². The van der Waals surface area contributed by atoms with E-state index >= 15 is 0 Å². The van der Waals surface area contributed by atoms with Crippen molar-refractivity contribution in [1.29, 1.82) is 0 Å². The summed E-state index contributed by atoms with van der Waals surface area (Å²) in [5, 5.41) is 7.59. The molecule has 2 heterocycles. The summed E-state index contributed by atoms with van der Waals surface area (Å²) in [7, 11) is 0. The van der Waals surface area contributed by atoms with E-state index < -0.39 is 0 Å². The van der Waals surface area contributed by atoms with Crippen molar-refractivity contribution in [3.63, 3.8) is 0 Å². The average Bonchev–Trinajstić information content (AvgIpc) is 1.53. The van der Waals surface area contributed by atoms with Gasteiger partial charge in [0.15, 0.2) is 0 Å². The number of para-hydroxylation sites is 1. The topological polar surface area (TPSA) is 22.9 Å². The lowest BCUT2D eigenvalue weighted by Crippen LogP contribution is -2.55. The lowest BCUT2D eigenvalue weighted by atomic mass is 9.43. The molecular weight excluding hydrogens is 1720 g/mol. The van der Waals surface area contributed by atoms with Gasteiger partial charge in [-0.1, -0.05) is 309 Å². The lowest BCUT2D eigenvalue weighted by molar-refractivity contribution is -0.0397. The van der Waals surface area contributed by atoms with Crippen molar-refractivity contribution in [1.82, 2.24) is 0 Å². The summed E-state index contributed by atoms with van der Waals surface area (Å²) < 4.78 is 9.02. The number of thiophene rings is 1. The molecule has 4 nitrogen and oxygen atoms in total. The molecule has 0 atom stereocenters. The van der Waals surface area contributed by atoms with Crippen LogP contribution in [0.1, 0.15) is 130 Å². The van der Waals surface area contributed by atoms with E-state index in [1.165, 1.54) is 245 Å². The van der Waals surface area contributed by atoms with Crippen LogP contribution in [0.5, 0.6) is 0 Å². The Morgan fingerprint density at radius 3 is 0.936 bits per heavy atom. The molecule has 0 N–H and O–H groups in total. The first-order chi connectivity index (χ1) is 69.8. The number of rotatable bonds is 12. The molecule has 20 aromatic rings. The van der Waals surface area contributed by atoms with Gasteiger partial charge in [0.2, 0.25) is 0 Å². The summed E-state index contributed by atoms with van der Waals surface area (Å²) >= 11 is 1.90. The molecule has 0 unspecified atom stereocenters. The molecule has 35 rings (SSSR count). The van der Waals surface area contributed by atoms with E-state index in [4.69, 9.17) is 4.42 Å². The zero-order valence-corrected chi connectivity index (χ0v) is 80.3. The van der Waals surface area contributed by atoms with E-state index in [9.17, 15) is 0 Å².